The Balaban J connectivity index is 1.61. The Kier molecular flexibility index (Phi) is 5.19. The van der Waals surface area contributed by atoms with Gasteiger partial charge in [0, 0.05) is 16.8 Å². The highest BCUT2D eigenvalue weighted by atomic mass is 35.5. The molecule has 0 saturated carbocycles. The van der Waals surface area contributed by atoms with Gasteiger partial charge in [0.05, 0.1) is 0 Å². The second-order valence-corrected chi connectivity index (χ2v) is 6.82. The Bertz CT molecular complexity index is 715. The van der Waals surface area contributed by atoms with E-state index >= 15 is 0 Å². The lowest BCUT2D eigenvalue weighted by Gasteiger charge is -2.12. The van der Waals surface area contributed by atoms with E-state index in [0.29, 0.717) is 17.4 Å². The van der Waals surface area contributed by atoms with Gasteiger partial charge in [0.15, 0.2) is 0 Å². The van der Waals surface area contributed by atoms with Crippen LogP contribution in [0.4, 0.5) is 5.69 Å². The Hall–Kier alpha value is -1.88. The first-order valence-corrected chi connectivity index (χ1v) is 8.58. The van der Waals surface area contributed by atoms with Crippen molar-refractivity contribution < 1.29 is 4.79 Å². The lowest BCUT2D eigenvalue weighted by Crippen LogP contribution is -2.39. The van der Waals surface area contributed by atoms with Crippen LogP contribution in [0.3, 0.4) is 0 Å². The molecule has 2 atom stereocenters. The van der Waals surface area contributed by atoms with Crippen LogP contribution in [-0.2, 0) is 4.79 Å². The van der Waals surface area contributed by atoms with E-state index in [1.807, 2.05) is 48.5 Å². The average molecular weight is 344 g/mol. The Morgan fingerprint density at radius 1 is 1.12 bits per heavy atom. The maximum atomic E-state index is 12.4. The molecule has 126 valence electrons. The molecule has 1 aliphatic heterocycles. The predicted octanol–water partition coefficient (Wildman–Crippen LogP) is 4.01. The number of carbonyl (C=O) groups is 1. The number of carbonyl (C=O) groups excluding carboxylic acids is 1. The summed E-state index contributed by atoms with van der Waals surface area (Å²) in [5.41, 5.74) is 9.29. The van der Waals surface area contributed by atoms with Gasteiger partial charge in [0.2, 0.25) is 5.91 Å². The van der Waals surface area contributed by atoms with Gasteiger partial charge in [-0.3, -0.25) is 4.79 Å². The van der Waals surface area contributed by atoms with Crippen LogP contribution in [0, 0.1) is 0 Å². The van der Waals surface area contributed by atoms with Crippen LogP contribution >= 0.6 is 11.6 Å². The van der Waals surface area contributed by atoms with Crippen molar-refractivity contribution in [3.8, 4) is 0 Å². The summed E-state index contributed by atoms with van der Waals surface area (Å²) < 4.78 is 0. The number of anilines is 1. The minimum Gasteiger partial charge on any atom is -0.325 e. The van der Waals surface area contributed by atoms with E-state index in [0.717, 1.165) is 11.3 Å². The van der Waals surface area contributed by atoms with Gasteiger partial charge >= 0.3 is 0 Å². The van der Waals surface area contributed by atoms with Gasteiger partial charge in [-0.25, -0.2) is 10.9 Å². The standard InChI is InChI=1S/C19H22ClN3O/c1-12(2)13-7-9-14(10-8-13)21-19(24)18-11-17(22-23-18)15-5-3-4-6-16(15)20/h3-10,12,17-18,22-23H,11H2,1-2H3,(H,21,24). The largest absolute Gasteiger partial charge is 0.325 e. The summed E-state index contributed by atoms with van der Waals surface area (Å²) in [5, 5.41) is 3.67. The quantitative estimate of drug-likeness (QED) is 0.786. The molecule has 3 N–H and O–H groups in total. The minimum absolute atomic E-state index is 0.0257. The molecule has 3 rings (SSSR count). The molecule has 0 spiro atoms. The van der Waals surface area contributed by atoms with E-state index in [4.69, 9.17) is 11.6 Å². The molecule has 0 radical (unpaired) electrons. The highest BCUT2D eigenvalue weighted by Gasteiger charge is 2.31. The molecule has 1 fully saturated rings. The van der Waals surface area contributed by atoms with Crippen molar-refractivity contribution in [3.63, 3.8) is 0 Å². The van der Waals surface area contributed by atoms with Crippen molar-refractivity contribution in [2.24, 2.45) is 0 Å². The molecular formula is C19H22ClN3O. The Labute approximate surface area is 147 Å². The summed E-state index contributed by atoms with van der Waals surface area (Å²) in [6, 6.07) is 15.4. The maximum absolute atomic E-state index is 12.4. The zero-order chi connectivity index (χ0) is 17.1. The van der Waals surface area contributed by atoms with Crippen LogP contribution in [-0.4, -0.2) is 11.9 Å². The molecule has 2 unspecified atom stereocenters. The predicted molar refractivity (Wildman–Crippen MR) is 98.0 cm³/mol. The highest BCUT2D eigenvalue weighted by Crippen LogP contribution is 2.28. The van der Waals surface area contributed by atoms with E-state index in [1.54, 1.807) is 0 Å². The Morgan fingerprint density at radius 3 is 2.50 bits per heavy atom. The third-order valence-electron chi connectivity index (χ3n) is 4.35. The molecule has 4 nitrogen and oxygen atoms in total. The molecule has 0 aliphatic carbocycles. The number of hydrogen-bond donors (Lipinski definition) is 3. The number of benzene rings is 2. The van der Waals surface area contributed by atoms with Crippen molar-refractivity contribution in [3.05, 3.63) is 64.7 Å². The molecule has 0 aromatic heterocycles. The zero-order valence-electron chi connectivity index (χ0n) is 13.8. The normalized spacial score (nSPS) is 20.3. The van der Waals surface area contributed by atoms with Gasteiger partial charge in [0.25, 0.3) is 0 Å². The number of halogens is 1. The first-order chi connectivity index (χ1) is 11.5. The summed E-state index contributed by atoms with van der Waals surface area (Å²) in [5.74, 6) is 0.432. The third kappa shape index (κ3) is 3.78. The highest BCUT2D eigenvalue weighted by molar-refractivity contribution is 6.31. The fourth-order valence-corrected chi connectivity index (χ4v) is 3.14. The number of hydrogen-bond acceptors (Lipinski definition) is 3. The molecule has 2 aromatic carbocycles. The molecule has 1 aliphatic rings. The molecule has 5 heteroatoms. The number of rotatable bonds is 4. The van der Waals surface area contributed by atoms with Crippen molar-refractivity contribution >= 4 is 23.2 Å². The Morgan fingerprint density at radius 2 is 1.83 bits per heavy atom. The van der Waals surface area contributed by atoms with E-state index < -0.39 is 0 Å². The summed E-state index contributed by atoms with van der Waals surface area (Å²) in [6.45, 7) is 4.30. The van der Waals surface area contributed by atoms with Gasteiger partial charge in [0.1, 0.15) is 6.04 Å². The molecule has 24 heavy (non-hydrogen) atoms. The van der Waals surface area contributed by atoms with Crippen LogP contribution in [0.15, 0.2) is 48.5 Å². The molecular weight excluding hydrogens is 322 g/mol. The van der Waals surface area contributed by atoms with E-state index in [9.17, 15) is 4.79 Å². The maximum Gasteiger partial charge on any atom is 0.242 e. The third-order valence-corrected chi connectivity index (χ3v) is 4.69. The summed E-state index contributed by atoms with van der Waals surface area (Å²) in [6.07, 6.45) is 0.652. The first-order valence-electron chi connectivity index (χ1n) is 8.21. The summed E-state index contributed by atoms with van der Waals surface area (Å²) in [4.78, 5) is 12.4. The number of nitrogens with one attached hydrogen (secondary N) is 3. The fourth-order valence-electron chi connectivity index (χ4n) is 2.87. The van der Waals surface area contributed by atoms with Crippen molar-refractivity contribution in [1.82, 2.24) is 10.9 Å². The van der Waals surface area contributed by atoms with Gasteiger partial charge in [-0.05, 0) is 41.7 Å². The second-order valence-electron chi connectivity index (χ2n) is 6.42. The van der Waals surface area contributed by atoms with Crippen LogP contribution in [0.1, 0.15) is 43.4 Å². The monoisotopic (exact) mass is 343 g/mol. The molecule has 1 heterocycles. The van der Waals surface area contributed by atoms with E-state index in [-0.39, 0.29) is 18.0 Å². The first kappa shape index (κ1) is 17.0. The zero-order valence-corrected chi connectivity index (χ0v) is 14.6. The SMILES string of the molecule is CC(C)c1ccc(NC(=O)C2CC(c3ccccc3Cl)NN2)cc1. The lowest BCUT2D eigenvalue weighted by atomic mass is 10.0. The number of hydrazine groups is 1. The molecule has 0 bridgehead atoms. The van der Waals surface area contributed by atoms with Gasteiger partial charge < -0.3 is 5.32 Å². The minimum atomic E-state index is -0.295. The fraction of sp³-hybridized carbons (Fsp3) is 0.316. The molecule has 1 saturated heterocycles. The second kappa shape index (κ2) is 7.34. The topological polar surface area (TPSA) is 53.2 Å². The van der Waals surface area contributed by atoms with Crippen molar-refractivity contribution in [2.75, 3.05) is 5.32 Å². The van der Waals surface area contributed by atoms with Gasteiger partial charge in [-0.1, -0.05) is 55.8 Å². The van der Waals surface area contributed by atoms with Crippen LogP contribution in [0.5, 0.6) is 0 Å². The van der Waals surface area contributed by atoms with E-state index in [2.05, 4.69) is 30.0 Å². The van der Waals surface area contributed by atoms with Gasteiger partial charge in [-0.2, -0.15) is 0 Å². The van der Waals surface area contributed by atoms with Crippen molar-refractivity contribution in [1.29, 1.82) is 0 Å². The lowest BCUT2D eigenvalue weighted by molar-refractivity contribution is -0.117. The molecule has 1 amide bonds. The average Bonchev–Trinajstić information content (AvgIpc) is 3.05. The van der Waals surface area contributed by atoms with Crippen LogP contribution in [0.2, 0.25) is 5.02 Å². The van der Waals surface area contributed by atoms with Crippen molar-refractivity contribution in [2.45, 2.75) is 38.3 Å². The summed E-state index contributed by atoms with van der Waals surface area (Å²) in [7, 11) is 0. The summed E-state index contributed by atoms with van der Waals surface area (Å²) >= 11 is 6.23. The van der Waals surface area contributed by atoms with E-state index in [1.165, 1.54) is 5.56 Å². The van der Waals surface area contributed by atoms with Gasteiger partial charge in [-0.15, -0.1) is 0 Å². The van der Waals surface area contributed by atoms with Crippen LogP contribution < -0.4 is 16.2 Å². The molecule has 2 aromatic rings. The smallest absolute Gasteiger partial charge is 0.242 e. The van der Waals surface area contributed by atoms with Crippen LogP contribution in [0.25, 0.3) is 0 Å². The number of amides is 1.